The highest BCUT2D eigenvalue weighted by Gasteiger charge is 2.31. The zero-order valence-electron chi connectivity index (χ0n) is 15.8. The van der Waals surface area contributed by atoms with E-state index in [2.05, 4.69) is 4.99 Å². The van der Waals surface area contributed by atoms with Crippen molar-refractivity contribution in [2.75, 3.05) is 20.2 Å². The summed E-state index contributed by atoms with van der Waals surface area (Å²) in [5.41, 5.74) is 0.785. The molecule has 0 unspecified atom stereocenters. The van der Waals surface area contributed by atoms with Crippen LogP contribution in [0.4, 0.5) is 0 Å². The molecule has 1 atom stereocenters. The van der Waals surface area contributed by atoms with Gasteiger partial charge in [0.15, 0.2) is 16.7 Å². The molecule has 1 saturated heterocycles. The number of nitrogens with zero attached hydrogens (tertiary/aromatic N) is 2. The van der Waals surface area contributed by atoms with Crippen molar-refractivity contribution in [3.63, 3.8) is 0 Å². The summed E-state index contributed by atoms with van der Waals surface area (Å²) in [5, 5.41) is 1.20. The van der Waals surface area contributed by atoms with Gasteiger partial charge in [-0.2, -0.15) is 0 Å². The summed E-state index contributed by atoms with van der Waals surface area (Å²) in [7, 11) is 1.58. The summed E-state index contributed by atoms with van der Waals surface area (Å²) in [6, 6.07) is 3.61. The van der Waals surface area contributed by atoms with E-state index in [1.54, 1.807) is 18.1 Å². The van der Waals surface area contributed by atoms with Gasteiger partial charge in [0.05, 0.1) is 23.1 Å². The fraction of sp³-hybridized carbons (Fsp3) is 0.474. The van der Waals surface area contributed by atoms with Gasteiger partial charge < -0.3 is 9.47 Å². The van der Waals surface area contributed by atoms with Gasteiger partial charge in [0.1, 0.15) is 0 Å². The fourth-order valence-electron chi connectivity index (χ4n) is 2.41. The van der Waals surface area contributed by atoms with Gasteiger partial charge in [0.25, 0.3) is 5.91 Å². The van der Waals surface area contributed by atoms with Crippen molar-refractivity contribution in [1.29, 1.82) is 0 Å². The van der Waals surface area contributed by atoms with Crippen LogP contribution in [-0.4, -0.2) is 42.3 Å². The molecule has 0 spiro atoms. The molecule has 2 rings (SSSR count). The Morgan fingerprint density at radius 1 is 1.35 bits per heavy atom. The number of aliphatic imine (C=N–C) groups is 1. The van der Waals surface area contributed by atoms with Crippen LogP contribution < -0.4 is 9.47 Å². The number of likely N-dealkylation sites (N-methyl/N-ethyl adjacent to an activating group) is 1. The molecule has 1 fully saturated rings. The molecule has 142 valence electrons. The highest BCUT2D eigenvalue weighted by atomic mass is 35.5. The van der Waals surface area contributed by atoms with Crippen molar-refractivity contribution >= 4 is 40.5 Å². The van der Waals surface area contributed by atoms with E-state index in [4.69, 9.17) is 21.1 Å². The number of hydrogen-bond acceptors (Lipinski definition) is 5. The van der Waals surface area contributed by atoms with E-state index >= 15 is 0 Å². The number of halogens is 1. The summed E-state index contributed by atoms with van der Waals surface area (Å²) < 4.78 is 11.3. The van der Waals surface area contributed by atoms with Gasteiger partial charge in [0, 0.05) is 13.1 Å². The number of rotatable bonds is 7. The van der Waals surface area contributed by atoms with Crippen LogP contribution in [0, 0.1) is 0 Å². The normalized spacial score (nSPS) is 18.7. The third kappa shape index (κ3) is 4.54. The third-order valence-corrected chi connectivity index (χ3v) is 5.27. The Balaban J connectivity index is 2.38. The number of hydrogen-bond donors (Lipinski definition) is 0. The lowest BCUT2D eigenvalue weighted by Gasteiger charge is -2.17. The maximum Gasteiger partial charge on any atom is 0.266 e. The van der Waals surface area contributed by atoms with Crippen LogP contribution >= 0.6 is 23.4 Å². The molecule has 26 heavy (non-hydrogen) atoms. The van der Waals surface area contributed by atoms with Crippen molar-refractivity contribution in [3.8, 4) is 11.5 Å². The van der Waals surface area contributed by atoms with Gasteiger partial charge >= 0.3 is 0 Å². The van der Waals surface area contributed by atoms with E-state index in [1.807, 2.05) is 39.8 Å². The van der Waals surface area contributed by atoms with Gasteiger partial charge in [0.2, 0.25) is 0 Å². The average molecular weight is 397 g/mol. The molecule has 0 aliphatic carbocycles. The first kappa shape index (κ1) is 20.6. The number of methoxy groups -OCH3 is 1. The Hall–Kier alpha value is -1.66. The minimum atomic E-state index is -0.0419. The van der Waals surface area contributed by atoms with E-state index in [0.717, 1.165) is 17.2 Å². The second-order valence-corrected chi connectivity index (χ2v) is 7.20. The van der Waals surface area contributed by atoms with Crippen molar-refractivity contribution in [3.05, 3.63) is 27.6 Å². The van der Waals surface area contributed by atoms with E-state index in [1.165, 1.54) is 11.8 Å². The lowest BCUT2D eigenvalue weighted by atomic mass is 10.1. The number of carbonyl (C=O) groups is 1. The molecule has 0 bridgehead atoms. The smallest absolute Gasteiger partial charge is 0.266 e. The Bertz CT molecular complexity index is 734. The number of amidine groups is 1. The largest absolute Gasteiger partial charge is 0.493 e. The van der Waals surface area contributed by atoms with Gasteiger partial charge in [-0.25, -0.2) is 0 Å². The minimum Gasteiger partial charge on any atom is -0.493 e. The molecule has 0 radical (unpaired) electrons. The Morgan fingerprint density at radius 2 is 2.08 bits per heavy atom. The van der Waals surface area contributed by atoms with Crippen LogP contribution in [0.5, 0.6) is 11.5 Å². The first-order valence-electron chi connectivity index (χ1n) is 8.75. The van der Waals surface area contributed by atoms with Crippen LogP contribution in [0.25, 0.3) is 6.08 Å². The summed E-state index contributed by atoms with van der Waals surface area (Å²) in [5.74, 6) is 1.04. The van der Waals surface area contributed by atoms with Gasteiger partial charge in [-0.05, 0) is 62.7 Å². The average Bonchev–Trinajstić information content (AvgIpc) is 2.91. The van der Waals surface area contributed by atoms with E-state index in [-0.39, 0.29) is 12.0 Å². The highest BCUT2D eigenvalue weighted by molar-refractivity contribution is 8.18. The first-order valence-corrected chi connectivity index (χ1v) is 9.94. The number of benzene rings is 1. The molecule has 1 aromatic rings. The van der Waals surface area contributed by atoms with Crippen LogP contribution in [0.2, 0.25) is 5.02 Å². The molecular formula is C19H25ClN2O3S. The van der Waals surface area contributed by atoms with Gasteiger partial charge in [-0.3, -0.25) is 14.7 Å². The Kier molecular flexibility index (Phi) is 7.41. The molecule has 0 aromatic heterocycles. The first-order chi connectivity index (χ1) is 12.4. The third-order valence-electron chi connectivity index (χ3n) is 3.94. The lowest BCUT2D eigenvalue weighted by molar-refractivity contribution is -0.122. The molecule has 5 nitrogen and oxygen atoms in total. The molecule has 1 aliphatic rings. The number of ether oxygens (including phenoxy) is 2. The second kappa shape index (κ2) is 9.33. The van der Waals surface area contributed by atoms with E-state index in [9.17, 15) is 4.79 Å². The quantitative estimate of drug-likeness (QED) is 0.619. The molecule has 0 saturated carbocycles. The number of thioether (sulfide) groups is 1. The molecule has 0 N–H and O–H groups in total. The van der Waals surface area contributed by atoms with Crippen LogP contribution in [0.15, 0.2) is 22.0 Å². The standard InChI is InChI=1S/C19H25ClN2O3S/c1-6-12(4)25-17-14(20)9-13(10-15(17)24-5)11-16-18(23)22(8-3)19(26-16)21-7-2/h9-12H,6-8H2,1-5H3/b16-11+,21-19?/t12-/m1/s1. The minimum absolute atomic E-state index is 0.0310. The Morgan fingerprint density at radius 3 is 2.65 bits per heavy atom. The van der Waals surface area contributed by atoms with Crippen molar-refractivity contribution in [2.24, 2.45) is 4.99 Å². The fourth-order valence-corrected chi connectivity index (χ4v) is 3.78. The van der Waals surface area contributed by atoms with Crippen LogP contribution in [0.3, 0.4) is 0 Å². The monoisotopic (exact) mass is 396 g/mol. The topological polar surface area (TPSA) is 51.1 Å². The van der Waals surface area contributed by atoms with Crippen molar-refractivity contribution < 1.29 is 14.3 Å². The summed E-state index contributed by atoms with van der Waals surface area (Å²) in [6.45, 7) is 9.14. The highest BCUT2D eigenvalue weighted by Crippen LogP contribution is 2.39. The maximum atomic E-state index is 12.6. The molecule has 1 heterocycles. The van der Waals surface area contributed by atoms with E-state index in [0.29, 0.717) is 34.5 Å². The predicted octanol–water partition coefficient (Wildman–Crippen LogP) is 4.84. The van der Waals surface area contributed by atoms with Crippen molar-refractivity contribution in [1.82, 2.24) is 4.90 Å². The predicted molar refractivity (Wildman–Crippen MR) is 109 cm³/mol. The van der Waals surface area contributed by atoms with E-state index < -0.39 is 0 Å². The summed E-state index contributed by atoms with van der Waals surface area (Å²) >= 11 is 7.79. The maximum absolute atomic E-state index is 12.6. The lowest BCUT2D eigenvalue weighted by Crippen LogP contribution is -2.28. The molecular weight excluding hydrogens is 372 g/mol. The molecule has 1 aliphatic heterocycles. The van der Waals surface area contributed by atoms with Crippen LogP contribution in [0.1, 0.15) is 39.7 Å². The van der Waals surface area contributed by atoms with Crippen LogP contribution in [-0.2, 0) is 4.79 Å². The molecule has 1 aromatic carbocycles. The summed E-state index contributed by atoms with van der Waals surface area (Å²) in [4.78, 5) is 19.3. The zero-order valence-corrected chi connectivity index (χ0v) is 17.4. The second-order valence-electron chi connectivity index (χ2n) is 5.79. The number of amides is 1. The van der Waals surface area contributed by atoms with Crippen molar-refractivity contribution in [2.45, 2.75) is 40.2 Å². The molecule has 1 amide bonds. The SMILES string of the molecule is CCN=C1S/C(=C/c2cc(Cl)c(O[C@H](C)CC)c(OC)c2)C(=O)N1CC. The number of carbonyl (C=O) groups excluding carboxylic acids is 1. The van der Waals surface area contributed by atoms with Gasteiger partial charge in [-0.15, -0.1) is 0 Å². The molecule has 7 heteroatoms. The zero-order chi connectivity index (χ0) is 19.3. The Labute approximate surface area is 164 Å². The van der Waals surface area contributed by atoms with Gasteiger partial charge in [-0.1, -0.05) is 18.5 Å². The summed E-state index contributed by atoms with van der Waals surface area (Å²) in [6.07, 6.45) is 2.71.